The highest BCUT2D eigenvalue weighted by atomic mass is 32.2. The van der Waals surface area contributed by atoms with Crippen molar-refractivity contribution in [2.75, 3.05) is 7.11 Å². The lowest BCUT2D eigenvalue weighted by Gasteiger charge is -2.07. The van der Waals surface area contributed by atoms with Gasteiger partial charge in [0.2, 0.25) is 5.88 Å². The van der Waals surface area contributed by atoms with Gasteiger partial charge in [-0.2, -0.15) is 8.78 Å². The summed E-state index contributed by atoms with van der Waals surface area (Å²) in [7, 11) is 1.52. The van der Waals surface area contributed by atoms with Crippen LogP contribution >= 0.6 is 11.8 Å². The quantitative estimate of drug-likeness (QED) is 0.828. The molecule has 2 aromatic rings. The molecule has 0 unspecified atom stereocenters. The van der Waals surface area contributed by atoms with Crippen LogP contribution in [0.5, 0.6) is 5.88 Å². The van der Waals surface area contributed by atoms with Gasteiger partial charge in [0.1, 0.15) is 0 Å². The topological polar surface area (TPSA) is 51.2 Å². The maximum Gasteiger partial charge on any atom is 0.288 e. The summed E-state index contributed by atoms with van der Waals surface area (Å²) in [6.07, 6.45) is 1.59. The molecular formula is C15H14F2N2O2S. The van der Waals surface area contributed by atoms with Crippen molar-refractivity contribution in [2.45, 2.75) is 17.2 Å². The van der Waals surface area contributed by atoms with Gasteiger partial charge >= 0.3 is 0 Å². The second-order valence-corrected chi connectivity index (χ2v) is 5.36. The smallest absolute Gasteiger partial charge is 0.288 e. The predicted molar refractivity (Wildman–Crippen MR) is 80.3 cm³/mol. The van der Waals surface area contributed by atoms with Gasteiger partial charge in [-0.15, -0.1) is 0 Å². The van der Waals surface area contributed by atoms with Gasteiger partial charge in [0, 0.05) is 29.3 Å². The van der Waals surface area contributed by atoms with Crippen molar-refractivity contribution in [3.05, 3.63) is 53.7 Å². The van der Waals surface area contributed by atoms with Crippen molar-refractivity contribution in [2.24, 2.45) is 0 Å². The van der Waals surface area contributed by atoms with E-state index in [0.29, 0.717) is 34.6 Å². The highest BCUT2D eigenvalue weighted by Crippen LogP contribution is 2.25. The molecule has 1 heterocycles. The molecule has 0 atom stereocenters. The molecule has 1 amide bonds. The summed E-state index contributed by atoms with van der Waals surface area (Å²) >= 11 is 0.447. The third-order valence-corrected chi connectivity index (χ3v) is 3.53. The third kappa shape index (κ3) is 4.70. The maximum atomic E-state index is 12.2. The van der Waals surface area contributed by atoms with Crippen molar-refractivity contribution in [1.82, 2.24) is 10.3 Å². The Balaban J connectivity index is 1.94. The minimum absolute atomic E-state index is 0.274. The largest absolute Gasteiger partial charge is 0.481 e. The molecule has 4 nitrogen and oxygen atoms in total. The number of carbonyl (C=O) groups excluding carboxylic acids is 1. The SMILES string of the molecule is COc1cc(CNC(=O)c2ccc(SC(F)F)cc2)ccn1. The molecule has 0 radical (unpaired) electrons. The van der Waals surface area contributed by atoms with Crippen LogP contribution in [0.25, 0.3) is 0 Å². The fraction of sp³-hybridized carbons (Fsp3) is 0.200. The summed E-state index contributed by atoms with van der Waals surface area (Å²) < 4.78 is 29.4. The molecule has 0 saturated heterocycles. The lowest BCUT2D eigenvalue weighted by molar-refractivity contribution is 0.0951. The molecule has 0 aliphatic rings. The number of pyridine rings is 1. The molecule has 0 aliphatic carbocycles. The van der Waals surface area contributed by atoms with E-state index in [1.54, 1.807) is 18.3 Å². The van der Waals surface area contributed by atoms with E-state index in [0.717, 1.165) is 5.56 Å². The number of ether oxygens (including phenoxy) is 1. The summed E-state index contributed by atoms with van der Waals surface area (Å²) in [6, 6.07) is 9.54. The van der Waals surface area contributed by atoms with Crippen molar-refractivity contribution >= 4 is 17.7 Å². The van der Waals surface area contributed by atoms with E-state index in [9.17, 15) is 13.6 Å². The van der Waals surface area contributed by atoms with Gasteiger partial charge in [0.25, 0.3) is 11.7 Å². The Bertz CT molecular complexity index is 636. The van der Waals surface area contributed by atoms with Crippen LogP contribution in [-0.4, -0.2) is 23.8 Å². The summed E-state index contributed by atoms with van der Waals surface area (Å²) in [5.74, 6) is -2.27. The Hall–Kier alpha value is -2.15. The molecule has 0 aliphatic heterocycles. The Labute approximate surface area is 130 Å². The second-order valence-electron chi connectivity index (χ2n) is 4.29. The van der Waals surface area contributed by atoms with E-state index in [2.05, 4.69) is 10.3 Å². The number of benzene rings is 1. The zero-order chi connectivity index (χ0) is 15.9. The first-order valence-electron chi connectivity index (χ1n) is 6.40. The second kappa shape index (κ2) is 7.74. The van der Waals surface area contributed by atoms with Crippen LogP contribution in [0.4, 0.5) is 8.78 Å². The van der Waals surface area contributed by atoms with E-state index >= 15 is 0 Å². The molecule has 22 heavy (non-hydrogen) atoms. The van der Waals surface area contributed by atoms with Gasteiger partial charge in [-0.3, -0.25) is 4.79 Å². The van der Waals surface area contributed by atoms with Gasteiger partial charge in [-0.1, -0.05) is 11.8 Å². The number of thioether (sulfide) groups is 1. The summed E-state index contributed by atoms with van der Waals surface area (Å²) in [6.45, 7) is 0.325. The first-order chi connectivity index (χ1) is 10.6. The number of aromatic nitrogens is 1. The number of methoxy groups -OCH3 is 1. The Morgan fingerprint density at radius 2 is 2.05 bits per heavy atom. The van der Waals surface area contributed by atoms with E-state index < -0.39 is 5.76 Å². The van der Waals surface area contributed by atoms with Crippen molar-refractivity contribution in [1.29, 1.82) is 0 Å². The van der Waals surface area contributed by atoms with Gasteiger partial charge in [-0.25, -0.2) is 4.98 Å². The Morgan fingerprint density at radius 3 is 2.68 bits per heavy atom. The normalized spacial score (nSPS) is 10.5. The van der Waals surface area contributed by atoms with Gasteiger partial charge < -0.3 is 10.1 Å². The number of amides is 1. The fourth-order valence-electron chi connectivity index (χ4n) is 1.74. The first-order valence-corrected chi connectivity index (χ1v) is 7.28. The average molecular weight is 324 g/mol. The monoisotopic (exact) mass is 324 g/mol. The van der Waals surface area contributed by atoms with Crippen molar-refractivity contribution < 1.29 is 18.3 Å². The molecule has 1 aromatic heterocycles. The fourth-order valence-corrected chi connectivity index (χ4v) is 2.24. The number of nitrogens with one attached hydrogen (secondary N) is 1. The lowest BCUT2D eigenvalue weighted by Crippen LogP contribution is -2.22. The van der Waals surface area contributed by atoms with Crippen LogP contribution in [0.2, 0.25) is 0 Å². The number of hydrogen-bond donors (Lipinski definition) is 1. The number of alkyl halides is 2. The molecule has 0 fully saturated rings. The van der Waals surface area contributed by atoms with Gasteiger partial charge in [0.05, 0.1) is 7.11 Å². The number of carbonyl (C=O) groups is 1. The van der Waals surface area contributed by atoms with E-state index in [1.165, 1.54) is 31.4 Å². The zero-order valence-corrected chi connectivity index (χ0v) is 12.6. The van der Waals surface area contributed by atoms with Crippen LogP contribution in [-0.2, 0) is 6.54 Å². The van der Waals surface area contributed by atoms with E-state index in [1.807, 2.05) is 0 Å². The number of hydrogen-bond acceptors (Lipinski definition) is 4. The minimum Gasteiger partial charge on any atom is -0.481 e. The first kappa shape index (κ1) is 16.2. The summed E-state index contributed by atoms with van der Waals surface area (Å²) in [4.78, 5) is 16.4. The predicted octanol–water partition coefficient (Wildman–Crippen LogP) is 3.33. The molecule has 1 aromatic carbocycles. The summed E-state index contributed by atoms with van der Waals surface area (Å²) in [5.41, 5.74) is 1.27. The van der Waals surface area contributed by atoms with Crippen LogP contribution in [0, 0.1) is 0 Å². The minimum atomic E-state index is -2.47. The summed E-state index contributed by atoms with van der Waals surface area (Å²) in [5, 5.41) is 2.75. The molecule has 2 rings (SSSR count). The maximum absolute atomic E-state index is 12.2. The Kier molecular flexibility index (Phi) is 5.71. The van der Waals surface area contributed by atoms with Crippen LogP contribution in [0.3, 0.4) is 0 Å². The highest BCUT2D eigenvalue weighted by Gasteiger charge is 2.08. The van der Waals surface area contributed by atoms with E-state index in [4.69, 9.17) is 4.74 Å². The van der Waals surface area contributed by atoms with Crippen LogP contribution in [0.15, 0.2) is 47.5 Å². The standard InChI is InChI=1S/C15H14F2N2O2S/c1-21-13-8-10(6-7-18-13)9-19-14(20)11-2-4-12(5-3-11)22-15(16)17/h2-8,15H,9H2,1H3,(H,19,20). The average Bonchev–Trinajstić information content (AvgIpc) is 2.53. The number of rotatable bonds is 6. The van der Waals surface area contributed by atoms with E-state index in [-0.39, 0.29) is 5.91 Å². The van der Waals surface area contributed by atoms with Crippen molar-refractivity contribution in [3.8, 4) is 5.88 Å². The molecule has 7 heteroatoms. The molecule has 116 valence electrons. The van der Waals surface area contributed by atoms with Gasteiger partial charge in [0.15, 0.2) is 0 Å². The molecular weight excluding hydrogens is 310 g/mol. The van der Waals surface area contributed by atoms with Crippen LogP contribution < -0.4 is 10.1 Å². The molecule has 1 N–H and O–H groups in total. The third-order valence-electron chi connectivity index (χ3n) is 2.80. The lowest BCUT2D eigenvalue weighted by atomic mass is 10.2. The van der Waals surface area contributed by atoms with Crippen LogP contribution in [0.1, 0.15) is 15.9 Å². The Morgan fingerprint density at radius 1 is 1.32 bits per heavy atom. The molecule has 0 saturated carbocycles. The highest BCUT2D eigenvalue weighted by molar-refractivity contribution is 7.99. The molecule has 0 spiro atoms. The molecule has 0 bridgehead atoms. The number of nitrogens with zero attached hydrogens (tertiary/aromatic N) is 1. The van der Waals surface area contributed by atoms with Crippen molar-refractivity contribution in [3.63, 3.8) is 0 Å². The zero-order valence-electron chi connectivity index (χ0n) is 11.8. The van der Waals surface area contributed by atoms with Gasteiger partial charge in [-0.05, 0) is 35.9 Å². The number of halogens is 2.